The monoisotopic (exact) mass is 1630 g/mol. The molecule has 0 spiro atoms. The largest absolute Gasteiger partial charge is 0.493 e. The Bertz CT molecular complexity index is 3990. The predicted octanol–water partition coefficient (Wildman–Crippen LogP) is 4.23. The molecule has 2 aliphatic carbocycles. The van der Waals surface area contributed by atoms with Gasteiger partial charge in [-0.25, -0.2) is 4.79 Å². The van der Waals surface area contributed by atoms with Gasteiger partial charge in [-0.15, -0.1) is 0 Å². The zero-order valence-corrected chi connectivity index (χ0v) is 68.9. The number of carbonyl (C=O) groups is 12. The molecule has 4 aromatic carbocycles. The molecule has 2 saturated heterocycles. The van der Waals surface area contributed by atoms with Crippen LogP contribution in [0.15, 0.2) is 109 Å². The van der Waals surface area contributed by atoms with E-state index in [1.165, 1.54) is 19.6 Å². The number of nitrogens with two attached hydrogens (primary N) is 1. The topological polar surface area (TPSA) is 426 Å². The summed E-state index contributed by atoms with van der Waals surface area (Å²) in [6, 6.07) is 26.9. The lowest BCUT2D eigenvalue weighted by molar-refractivity contribution is -0.150. The third kappa shape index (κ3) is 27.2. The molecule has 4 fully saturated rings. The molecular formula is C86H122N12O19. The summed E-state index contributed by atoms with van der Waals surface area (Å²) < 4.78 is 23.8. The molecule has 4 aliphatic heterocycles. The van der Waals surface area contributed by atoms with Crippen molar-refractivity contribution in [1.82, 2.24) is 56.8 Å². The second-order valence-corrected chi connectivity index (χ2v) is 32.2. The second kappa shape index (κ2) is 45.0. The first kappa shape index (κ1) is 92.4. The molecule has 4 heterocycles. The van der Waals surface area contributed by atoms with Gasteiger partial charge in [0.25, 0.3) is 11.8 Å². The van der Waals surface area contributed by atoms with E-state index in [1.807, 2.05) is 68.4 Å². The van der Waals surface area contributed by atoms with Crippen molar-refractivity contribution in [2.75, 3.05) is 80.8 Å². The number of benzene rings is 4. The standard InChI is InChI=1S/C43H60N6O9.C24H32N2O6.C19H30N4O4/c1-5-20-43(2,38(52)40(54)44-26-35(51)46-36(41(55)48(3)4)29-15-8-6-9-16-29)47-39(53)33-25-32-27-49(33)42(56)37(30-17-10-7-11-18-30)45-34(50)24-28-14-12-19-31(23-28)57-21-13-22-58-32;27-21-13-16-6-4-9-18(12-16)31-10-5-11-32-19-14-20(24(29)30)26(15-19)23(28)22(25-21)17-7-2-1-3-8-17;1-5-11-19(2,20)16(25)17(26)21-12-14(24)22-15(18(27)23(3)4)13-9-7-6-8-10-13/h6,8-9,12,14-16,19,23,30,32-33,36-38,52H,5,7,10-11,13,17-18,20-22,24-27H2,1-4H3,(H,44,54)(H,45,50)(H,46,51)(H,47,53);4,6,9,12,17,19-20,22H,1-3,5,7-8,10-11,13-15H2,(H,25,27)(H,29,30);6-10,15-16,25H,5,11-12,20H2,1-4H3,(H,21,26)(H,22,24)/t32-,33+,36+,37+,38?,43?;19-,20+,22+;15-,16?,19?/m110/s1. The maximum atomic E-state index is 14.6. The number of nitrogens with zero attached hydrogens (tertiary/aromatic N) is 4. The van der Waals surface area contributed by atoms with Gasteiger partial charge < -0.3 is 96.8 Å². The van der Waals surface area contributed by atoms with Gasteiger partial charge in [0.1, 0.15) is 53.9 Å². The summed E-state index contributed by atoms with van der Waals surface area (Å²) in [6.07, 6.45) is 8.92. The summed E-state index contributed by atoms with van der Waals surface area (Å²) in [6.45, 7) is 7.92. The molecule has 2 saturated carbocycles. The number of carbonyl (C=O) groups excluding carboxylic acids is 11. The number of ether oxygens (including phenoxy) is 4. The van der Waals surface area contributed by atoms with Crippen molar-refractivity contribution in [3.8, 4) is 11.5 Å². The smallest absolute Gasteiger partial charge is 0.326 e. The number of hydrogen-bond acceptors (Lipinski definition) is 19. The summed E-state index contributed by atoms with van der Waals surface area (Å²) in [7, 11) is 6.34. The molecule has 12 atom stereocenters. The Morgan fingerprint density at radius 2 is 0.949 bits per heavy atom. The van der Waals surface area contributed by atoms with E-state index in [0.717, 1.165) is 75.3 Å². The van der Waals surface area contributed by atoms with Crippen molar-refractivity contribution in [2.45, 2.75) is 228 Å². The Balaban J connectivity index is 0.000000243. The first-order chi connectivity index (χ1) is 55.9. The zero-order chi connectivity index (χ0) is 84.9. The summed E-state index contributed by atoms with van der Waals surface area (Å²) in [5.74, 6) is -5.04. The summed E-state index contributed by atoms with van der Waals surface area (Å²) in [5.41, 5.74) is 6.12. The fourth-order valence-corrected chi connectivity index (χ4v) is 15.9. The first-order valence-electron chi connectivity index (χ1n) is 41.1. The molecule has 117 heavy (non-hydrogen) atoms. The highest BCUT2D eigenvalue weighted by Gasteiger charge is 2.49. The Morgan fingerprint density at radius 1 is 0.538 bits per heavy atom. The number of likely N-dealkylation sites (N-methyl/N-ethyl adjacent to an activating group) is 2. The van der Waals surface area contributed by atoms with Gasteiger partial charge in [-0.3, -0.25) is 52.7 Å². The highest BCUT2D eigenvalue weighted by Crippen LogP contribution is 2.34. The van der Waals surface area contributed by atoms with E-state index in [-0.39, 0.29) is 105 Å². The lowest BCUT2D eigenvalue weighted by Crippen LogP contribution is -2.63. The Kier molecular flexibility index (Phi) is 35.6. The van der Waals surface area contributed by atoms with Gasteiger partial charge in [-0.05, 0) is 111 Å². The molecule has 8 bridgehead atoms. The van der Waals surface area contributed by atoms with Crippen LogP contribution < -0.4 is 52.4 Å². The van der Waals surface area contributed by atoms with Crippen LogP contribution in [0.5, 0.6) is 11.5 Å². The van der Waals surface area contributed by atoms with Crippen LogP contribution in [0.1, 0.15) is 178 Å². The molecule has 10 rings (SSSR count). The molecule has 4 unspecified atom stereocenters. The molecule has 11 amide bonds. The summed E-state index contributed by atoms with van der Waals surface area (Å²) in [5, 5.41) is 50.3. The average Bonchev–Trinajstić information content (AvgIpc) is 1.68. The summed E-state index contributed by atoms with van der Waals surface area (Å²) in [4.78, 5) is 163. The van der Waals surface area contributed by atoms with Crippen LogP contribution in [0.3, 0.4) is 0 Å². The highest BCUT2D eigenvalue weighted by atomic mass is 16.5. The van der Waals surface area contributed by atoms with E-state index < -0.39 is 108 Å². The molecule has 0 aromatic heterocycles. The van der Waals surface area contributed by atoms with E-state index >= 15 is 0 Å². The molecule has 31 nitrogen and oxygen atoms in total. The van der Waals surface area contributed by atoms with Crippen LogP contribution in [-0.4, -0.2) is 246 Å². The van der Waals surface area contributed by atoms with Gasteiger partial charge >= 0.3 is 5.97 Å². The molecular weight excluding hydrogens is 1510 g/mol. The van der Waals surface area contributed by atoms with Crippen LogP contribution in [0, 0.1) is 11.8 Å². The Morgan fingerprint density at radius 3 is 1.36 bits per heavy atom. The van der Waals surface area contributed by atoms with Crippen LogP contribution >= 0.6 is 0 Å². The van der Waals surface area contributed by atoms with E-state index in [9.17, 15) is 72.9 Å². The van der Waals surface area contributed by atoms with Gasteiger partial charge in [0.2, 0.25) is 53.2 Å². The van der Waals surface area contributed by atoms with Gasteiger partial charge in [0, 0.05) is 72.5 Å². The van der Waals surface area contributed by atoms with Crippen molar-refractivity contribution in [1.29, 1.82) is 0 Å². The second-order valence-electron chi connectivity index (χ2n) is 32.2. The molecule has 640 valence electrons. The van der Waals surface area contributed by atoms with Crippen LogP contribution in [-0.2, 0) is 79.8 Å². The minimum atomic E-state index is -1.78. The highest BCUT2D eigenvalue weighted by molar-refractivity contribution is 5.96. The minimum absolute atomic E-state index is 0.0168. The fraction of sp³-hybridized carbons (Fsp3) is 0.581. The van der Waals surface area contributed by atoms with Gasteiger partial charge in [-0.1, -0.05) is 150 Å². The Labute approximate surface area is 685 Å². The fourth-order valence-electron chi connectivity index (χ4n) is 15.9. The normalized spacial score (nSPS) is 22.4. The molecule has 6 aliphatic rings. The number of nitrogens with one attached hydrogen (secondary N) is 7. The van der Waals surface area contributed by atoms with Crippen LogP contribution in [0.4, 0.5) is 0 Å². The zero-order valence-electron chi connectivity index (χ0n) is 68.9. The van der Waals surface area contributed by atoms with Gasteiger partial charge in [0.15, 0.2) is 6.10 Å². The Hall–Kier alpha value is -10.1. The van der Waals surface area contributed by atoms with E-state index in [2.05, 4.69) is 37.2 Å². The number of hydrogen-bond donors (Lipinski definition) is 11. The molecule has 0 radical (unpaired) electrons. The number of carboxylic acid groups (broad SMARTS) is 1. The summed E-state index contributed by atoms with van der Waals surface area (Å²) >= 11 is 0. The number of carboxylic acids is 1. The third-order valence-electron chi connectivity index (χ3n) is 22.2. The van der Waals surface area contributed by atoms with Gasteiger partial charge in [0.05, 0.1) is 70.1 Å². The first-order valence-corrected chi connectivity index (χ1v) is 41.1. The van der Waals surface area contributed by atoms with Crippen molar-refractivity contribution in [3.63, 3.8) is 0 Å². The van der Waals surface area contributed by atoms with Crippen LogP contribution in [0.25, 0.3) is 0 Å². The molecule has 4 aromatic rings. The van der Waals surface area contributed by atoms with Crippen molar-refractivity contribution < 1.29 is 91.8 Å². The minimum Gasteiger partial charge on any atom is -0.493 e. The molecule has 12 N–H and O–H groups in total. The third-order valence-corrected chi connectivity index (χ3v) is 22.2. The number of aliphatic carboxylic acids is 1. The van der Waals surface area contributed by atoms with E-state index in [4.69, 9.17) is 24.7 Å². The lowest BCUT2D eigenvalue weighted by atomic mass is 9.83. The van der Waals surface area contributed by atoms with Crippen molar-refractivity contribution in [3.05, 3.63) is 131 Å². The number of aliphatic hydroxyl groups excluding tert-OH is 2. The number of rotatable bonds is 23. The van der Waals surface area contributed by atoms with Crippen molar-refractivity contribution >= 4 is 70.9 Å². The number of aliphatic hydroxyl groups is 2. The maximum Gasteiger partial charge on any atom is 0.326 e. The predicted molar refractivity (Wildman–Crippen MR) is 434 cm³/mol. The number of amides is 11. The van der Waals surface area contributed by atoms with Crippen molar-refractivity contribution in [2.24, 2.45) is 17.6 Å². The maximum absolute atomic E-state index is 14.6. The van der Waals surface area contributed by atoms with Gasteiger partial charge in [-0.2, -0.15) is 0 Å². The SMILES string of the molecule is CCCC(C)(N)C(O)C(=O)NCC(=O)N[C@H](C(=O)N(C)C)c1ccccc1.CCCC(C)(NC(=O)[C@@H]1C[C@@H]2CN1C(=O)[C@H](C1CCCCC1)NC(=O)Cc1cccc(c1)OCCCO2)C(O)C(=O)NCC(=O)N[C@H](C(=O)N(C)C)c1ccccc1.O=C1Cc2cccc(c2)OCCCO[C@@H]2C[C@@H](C(=O)O)N(C2)C(=O)[C@H](C2CCCCC2)N1. The van der Waals surface area contributed by atoms with Crippen LogP contribution in [0.2, 0.25) is 0 Å². The van der Waals surface area contributed by atoms with E-state index in [0.29, 0.717) is 81.2 Å². The number of fused-ring (bicyclic) bond motifs is 8. The quantitative estimate of drug-likeness (QED) is 0.0495. The molecule has 31 heteroatoms. The van der Waals surface area contributed by atoms with E-state index in [1.54, 1.807) is 96.6 Å². The average molecular weight is 1630 g/mol. The lowest BCUT2D eigenvalue weighted by Gasteiger charge is -2.38.